The van der Waals surface area contributed by atoms with Crippen LogP contribution in [-0.2, 0) is 11.3 Å². The molecule has 1 rings (SSSR count). The van der Waals surface area contributed by atoms with Crippen molar-refractivity contribution in [1.82, 2.24) is 14.9 Å². The number of nitrogens with one attached hydrogen (secondary N) is 1. The molecule has 0 aromatic carbocycles. The molecule has 0 atom stereocenters. The molecule has 0 aliphatic rings. The summed E-state index contributed by atoms with van der Waals surface area (Å²) in [5.41, 5.74) is 6.16. The molecule has 0 fully saturated rings. The molecule has 17 heavy (non-hydrogen) atoms. The maximum absolute atomic E-state index is 5.91. The van der Waals surface area contributed by atoms with Crippen LogP contribution in [0.2, 0.25) is 5.15 Å². The number of rotatable bonds is 6. The Morgan fingerprint density at radius 3 is 2.71 bits per heavy atom. The first-order valence-electron chi connectivity index (χ1n) is 5.24. The summed E-state index contributed by atoms with van der Waals surface area (Å²) in [6.45, 7) is 1.92. The van der Waals surface area contributed by atoms with Crippen molar-refractivity contribution in [3.05, 3.63) is 11.0 Å². The van der Waals surface area contributed by atoms with Crippen LogP contribution >= 0.6 is 11.6 Å². The van der Waals surface area contributed by atoms with E-state index in [4.69, 9.17) is 22.1 Å². The van der Waals surface area contributed by atoms with Crippen LogP contribution in [-0.4, -0.2) is 49.2 Å². The third-order valence-electron chi connectivity index (χ3n) is 2.07. The van der Waals surface area contributed by atoms with E-state index < -0.39 is 0 Å². The van der Waals surface area contributed by atoms with Gasteiger partial charge in [0.25, 0.3) is 0 Å². The largest absolute Gasteiger partial charge is 0.393 e. The van der Waals surface area contributed by atoms with Gasteiger partial charge in [0.2, 0.25) is 0 Å². The number of aromatic nitrogens is 2. The SMILES string of the molecule is COCc1nc(Cl)c(N)c(NCCN(C)C)n1. The zero-order chi connectivity index (χ0) is 12.8. The van der Waals surface area contributed by atoms with Crippen LogP contribution in [0.25, 0.3) is 0 Å². The Labute approximate surface area is 106 Å². The van der Waals surface area contributed by atoms with Crippen LogP contribution in [0.5, 0.6) is 0 Å². The first-order valence-corrected chi connectivity index (χ1v) is 5.61. The first-order chi connectivity index (χ1) is 8.04. The Morgan fingerprint density at radius 1 is 1.41 bits per heavy atom. The number of likely N-dealkylation sites (N-methyl/N-ethyl adjacent to an activating group) is 1. The van der Waals surface area contributed by atoms with Crippen LogP contribution in [0.3, 0.4) is 0 Å². The van der Waals surface area contributed by atoms with Gasteiger partial charge in [-0.25, -0.2) is 9.97 Å². The van der Waals surface area contributed by atoms with Crippen LogP contribution in [0.1, 0.15) is 5.82 Å². The topological polar surface area (TPSA) is 76.3 Å². The van der Waals surface area contributed by atoms with Gasteiger partial charge in [-0.15, -0.1) is 0 Å². The molecule has 0 unspecified atom stereocenters. The molecule has 0 spiro atoms. The number of methoxy groups -OCH3 is 1. The lowest BCUT2D eigenvalue weighted by atomic mass is 10.4. The van der Waals surface area contributed by atoms with E-state index in [9.17, 15) is 0 Å². The Bertz CT molecular complexity index is 372. The van der Waals surface area contributed by atoms with Crippen molar-refractivity contribution in [3.63, 3.8) is 0 Å². The summed E-state index contributed by atoms with van der Waals surface area (Å²) in [4.78, 5) is 10.3. The molecule has 0 aliphatic carbocycles. The van der Waals surface area contributed by atoms with Crippen molar-refractivity contribution in [1.29, 1.82) is 0 Å². The third kappa shape index (κ3) is 4.33. The fraction of sp³-hybridized carbons (Fsp3) is 0.600. The molecule has 3 N–H and O–H groups in total. The van der Waals surface area contributed by atoms with Crippen molar-refractivity contribution in [2.75, 3.05) is 45.3 Å². The molecule has 0 aliphatic heterocycles. The van der Waals surface area contributed by atoms with Gasteiger partial charge >= 0.3 is 0 Å². The minimum atomic E-state index is 0.249. The van der Waals surface area contributed by atoms with Gasteiger partial charge in [0.1, 0.15) is 12.3 Å². The summed E-state index contributed by atoms with van der Waals surface area (Å²) in [6, 6.07) is 0. The standard InChI is InChI=1S/C10H18ClN5O/c1-16(2)5-4-13-10-8(12)9(11)14-7(15-10)6-17-3/h4-6,12H2,1-3H3,(H,13,14,15). The van der Waals surface area contributed by atoms with E-state index >= 15 is 0 Å². The zero-order valence-electron chi connectivity index (χ0n) is 10.3. The highest BCUT2D eigenvalue weighted by atomic mass is 35.5. The molecule has 0 bridgehead atoms. The molecule has 0 saturated heterocycles. The number of anilines is 2. The fourth-order valence-corrected chi connectivity index (χ4v) is 1.40. The molecule has 1 aromatic heterocycles. The molecular formula is C10H18ClN5O. The lowest BCUT2D eigenvalue weighted by Gasteiger charge is -2.13. The Kier molecular flexibility index (Phi) is 5.40. The maximum atomic E-state index is 5.91. The summed E-state index contributed by atoms with van der Waals surface area (Å²) < 4.78 is 4.96. The highest BCUT2D eigenvalue weighted by molar-refractivity contribution is 6.32. The monoisotopic (exact) mass is 259 g/mol. The van der Waals surface area contributed by atoms with Gasteiger partial charge in [0.15, 0.2) is 16.8 Å². The zero-order valence-corrected chi connectivity index (χ0v) is 11.1. The average molecular weight is 260 g/mol. The summed E-state index contributed by atoms with van der Waals surface area (Å²) in [6.07, 6.45) is 0. The predicted octanol–water partition coefficient (Wildman–Crippen LogP) is 0.832. The molecular weight excluding hydrogens is 242 g/mol. The number of hydrogen-bond acceptors (Lipinski definition) is 6. The normalized spacial score (nSPS) is 10.9. The lowest BCUT2D eigenvalue weighted by Crippen LogP contribution is -2.22. The molecule has 1 heterocycles. The molecule has 1 aromatic rings. The van der Waals surface area contributed by atoms with E-state index in [2.05, 4.69) is 20.2 Å². The van der Waals surface area contributed by atoms with Gasteiger partial charge in [-0.3, -0.25) is 0 Å². The number of nitrogens with zero attached hydrogens (tertiary/aromatic N) is 3. The van der Waals surface area contributed by atoms with Gasteiger partial charge < -0.3 is 20.7 Å². The highest BCUT2D eigenvalue weighted by Crippen LogP contribution is 2.23. The number of nitrogen functional groups attached to an aromatic ring is 1. The summed E-state index contributed by atoms with van der Waals surface area (Å²) >= 11 is 5.91. The van der Waals surface area contributed by atoms with Gasteiger partial charge in [-0.05, 0) is 14.1 Å². The molecule has 7 heteroatoms. The molecule has 0 radical (unpaired) electrons. The van der Waals surface area contributed by atoms with E-state index in [1.165, 1.54) is 0 Å². The predicted molar refractivity (Wildman–Crippen MR) is 69.2 cm³/mol. The minimum Gasteiger partial charge on any atom is -0.393 e. The van der Waals surface area contributed by atoms with Crippen molar-refractivity contribution in [3.8, 4) is 0 Å². The van der Waals surface area contributed by atoms with Crippen molar-refractivity contribution >= 4 is 23.1 Å². The van der Waals surface area contributed by atoms with Gasteiger partial charge in [-0.2, -0.15) is 0 Å². The minimum absolute atomic E-state index is 0.249. The van der Waals surface area contributed by atoms with Gasteiger partial charge in [0.05, 0.1) is 0 Å². The van der Waals surface area contributed by atoms with E-state index in [-0.39, 0.29) is 5.15 Å². The summed E-state index contributed by atoms with van der Waals surface area (Å²) in [5.74, 6) is 1.07. The van der Waals surface area contributed by atoms with Gasteiger partial charge in [-0.1, -0.05) is 11.6 Å². The van der Waals surface area contributed by atoms with Crippen LogP contribution in [0.4, 0.5) is 11.5 Å². The third-order valence-corrected chi connectivity index (χ3v) is 2.36. The van der Waals surface area contributed by atoms with E-state index in [0.29, 0.717) is 23.9 Å². The van der Waals surface area contributed by atoms with Crippen molar-refractivity contribution in [2.45, 2.75) is 6.61 Å². The smallest absolute Gasteiger partial charge is 0.158 e. The van der Waals surface area contributed by atoms with E-state index in [1.807, 2.05) is 14.1 Å². The molecule has 6 nitrogen and oxygen atoms in total. The quantitative estimate of drug-likeness (QED) is 0.737. The number of ether oxygens (including phenoxy) is 1. The second kappa shape index (κ2) is 6.58. The Morgan fingerprint density at radius 2 is 2.12 bits per heavy atom. The summed E-state index contributed by atoms with van der Waals surface area (Å²) in [7, 11) is 5.56. The molecule has 0 saturated carbocycles. The van der Waals surface area contributed by atoms with Crippen molar-refractivity contribution in [2.24, 2.45) is 0 Å². The second-order valence-electron chi connectivity index (χ2n) is 3.86. The maximum Gasteiger partial charge on any atom is 0.158 e. The summed E-state index contributed by atoms with van der Waals surface area (Å²) in [5, 5.41) is 3.38. The molecule has 0 amide bonds. The second-order valence-corrected chi connectivity index (χ2v) is 4.21. The molecule has 96 valence electrons. The van der Waals surface area contributed by atoms with Crippen molar-refractivity contribution < 1.29 is 4.74 Å². The van der Waals surface area contributed by atoms with Crippen LogP contribution in [0.15, 0.2) is 0 Å². The van der Waals surface area contributed by atoms with E-state index in [0.717, 1.165) is 13.1 Å². The number of hydrogen-bond donors (Lipinski definition) is 2. The number of nitrogens with two attached hydrogens (primary N) is 1. The Balaban J connectivity index is 2.75. The Hall–Kier alpha value is -1.11. The highest BCUT2D eigenvalue weighted by Gasteiger charge is 2.09. The van der Waals surface area contributed by atoms with Crippen LogP contribution < -0.4 is 11.1 Å². The first kappa shape index (κ1) is 14.0. The lowest BCUT2D eigenvalue weighted by molar-refractivity contribution is 0.178. The average Bonchev–Trinajstić information content (AvgIpc) is 2.24. The number of halogens is 1. The fourth-order valence-electron chi connectivity index (χ4n) is 1.21. The van der Waals surface area contributed by atoms with Gasteiger partial charge in [0, 0.05) is 20.2 Å². The van der Waals surface area contributed by atoms with Crippen LogP contribution in [0, 0.1) is 0 Å². The van der Waals surface area contributed by atoms with E-state index in [1.54, 1.807) is 7.11 Å².